The summed E-state index contributed by atoms with van der Waals surface area (Å²) in [5, 5.41) is 0.349. The highest BCUT2D eigenvalue weighted by Gasteiger charge is 2.21. The summed E-state index contributed by atoms with van der Waals surface area (Å²) in [7, 11) is 4.32. The molecule has 7 nitrogen and oxygen atoms in total. The Hall–Kier alpha value is -2.31. The van der Waals surface area contributed by atoms with Gasteiger partial charge in [0.25, 0.3) is 5.56 Å². The molecule has 0 N–H and O–H groups in total. The van der Waals surface area contributed by atoms with Crippen LogP contribution in [-0.2, 0) is 25.4 Å². The van der Waals surface area contributed by atoms with Crippen LogP contribution in [0.5, 0.6) is 0 Å². The fraction of sp³-hybridized carbons (Fsp3) is 0.533. The van der Waals surface area contributed by atoms with Crippen molar-refractivity contribution in [1.29, 1.82) is 0 Å². The van der Waals surface area contributed by atoms with Crippen molar-refractivity contribution in [3.8, 4) is 0 Å². The number of methoxy groups -OCH3 is 1. The molecule has 2 rings (SSSR count). The molecule has 0 amide bonds. The van der Waals surface area contributed by atoms with Gasteiger partial charge in [-0.15, -0.1) is 0 Å². The van der Waals surface area contributed by atoms with Crippen molar-refractivity contribution in [2.45, 2.75) is 32.7 Å². The maximum Gasteiger partial charge on any atom is 0.354 e. The zero-order valence-electron chi connectivity index (χ0n) is 13.4. The predicted octanol–water partition coefficient (Wildman–Crippen LogP) is 1.02. The first-order valence-corrected chi connectivity index (χ1v) is 7.31. The topological polar surface area (TPSA) is 75.2 Å². The summed E-state index contributed by atoms with van der Waals surface area (Å²) in [6.07, 6.45) is 2.89. The predicted molar refractivity (Wildman–Crippen MR) is 83.3 cm³/mol. The van der Waals surface area contributed by atoms with E-state index < -0.39 is 17.2 Å². The van der Waals surface area contributed by atoms with Crippen LogP contribution in [0.4, 0.5) is 0 Å². The summed E-state index contributed by atoms with van der Waals surface area (Å²) < 4.78 is 8.94. The normalized spacial score (nSPS) is 11.1. The van der Waals surface area contributed by atoms with Crippen LogP contribution in [0.15, 0.2) is 15.7 Å². The fourth-order valence-electron chi connectivity index (χ4n) is 2.66. The van der Waals surface area contributed by atoms with Crippen LogP contribution in [0.25, 0.3) is 11.0 Å². The van der Waals surface area contributed by atoms with Crippen LogP contribution in [0.3, 0.4) is 0 Å². The van der Waals surface area contributed by atoms with Crippen molar-refractivity contribution in [1.82, 2.24) is 13.7 Å². The van der Waals surface area contributed by atoms with E-state index in [4.69, 9.17) is 4.74 Å². The van der Waals surface area contributed by atoms with Crippen LogP contribution >= 0.6 is 0 Å². The first-order valence-electron chi connectivity index (χ1n) is 7.31. The third-order valence-corrected chi connectivity index (χ3v) is 3.87. The summed E-state index contributed by atoms with van der Waals surface area (Å²) in [5.74, 6) is -0.512. The first kappa shape index (κ1) is 16.1. The Morgan fingerprint density at radius 2 is 1.86 bits per heavy atom. The number of carbonyl (C=O) groups excluding carboxylic acids is 1. The number of fused-ring (bicyclic) bond motifs is 1. The summed E-state index contributed by atoms with van der Waals surface area (Å²) in [6.45, 7) is 2.64. The molecule has 7 heteroatoms. The highest BCUT2D eigenvalue weighted by molar-refractivity contribution is 5.94. The highest BCUT2D eigenvalue weighted by atomic mass is 16.5. The van der Waals surface area contributed by atoms with E-state index in [1.165, 1.54) is 24.8 Å². The molecule has 0 saturated heterocycles. The Morgan fingerprint density at radius 1 is 1.18 bits per heavy atom. The number of aromatic nitrogens is 3. The van der Waals surface area contributed by atoms with E-state index in [0.717, 1.165) is 23.8 Å². The van der Waals surface area contributed by atoms with Gasteiger partial charge in [0.1, 0.15) is 11.3 Å². The standard InChI is InChI=1S/C15H21N3O4/c1-5-6-7-8-18-11(14(20)22-4)9-10-12(18)16(2)15(21)17(3)13(10)19/h9H,5-8H2,1-4H3. The molecule has 0 aliphatic rings. The molecule has 2 aromatic heterocycles. The Balaban J connectivity index is 2.79. The molecule has 0 unspecified atom stereocenters. The number of ether oxygens (including phenoxy) is 1. The zero-order chi connectivity index (χ0) is 16.4. The number of carbonyl (C=O) groups is 1. The molecule has 0 aliphatic heterocycles. The molecule has 0 fully saturated rings. The van der Waals surface area contributed by atoms with E-state index >= 15 is 0 Å². The summed E-state index contributed by atoms with van der Waals surface area (Å²) in [5.41, 5.74) is -0.0576. The average molecular weight is 307 g/mol. The average Bonchev–Trinajstić information content (AvgIpc) is 2.90. The van der Waals surface area contributed by atoms with Gasteiger partial charge in [-0.25, -0.2) is 9.59 Å². The van der Waals surface area contributed by atoms with Crippen LogP contribution in [0, 0.1) is 0 Å². The lowest BCUT2D eigenvalue weighted by atomic mass is 10.2. The quantitative estimate of drug-likeness (QED) is 0.610. The molecular formula is C15H21N3O4. The number of unbranched alkanes of at least 4 members (excludes halogenated alkanes) is 2. The molecule has 0 atom stereocenters. The fourth-order valence-corrected chi connectivity index (χ4v) is 2.66. The van der Waals surface area contributed by atoms with E-state index in [1.807, 2.05) is 0 Å². The molecule has 0 aromatic carbocycles. The number of rotatable bonds is 5. The molecule has 2 aromatic rings. The summed E-state index contributed by atoms with van der Waals surface area (Å²) in [6, 6.07) is 1.51. The van der Waals surface area contributed by atoms with Gasteiger partial charge in [0.15, 0.2) is 0 Å². The Labute approximate surface area is 127 Å². The Morgan fingerprint density at radius 3 is 2.45 bits per heavy atom. The molecule has 0 spiro atoms. The van der Waals surface area contributed by atoms with Crippen LogP contribution in [0.2, 0.25) is 0 Å². The van der Waals surface area contributed by atoms with E-state index in [0.29, 0.717) is 23.3 Å². The van der Waals surface area contributed by atoms with Crippen molar-refractivity contribution in [2.75, 3.05) is 7.11 Å². The maximum absolute atomic E-state index is 12.3. The number of esters is 1. The Kier molecular flexibility index (Phi) is 4.54. The maximum atomic E-state index is 12.3. The van der Waals surface area contributed by atoms with Gasteiger partial charge in [-0.1, -0.05) is 19.8 Å². The van der Waals surface area contributed by atoms with Crippen molar-refractivity contribution in [3.63, 3.8) is 0 Å². The van der Waals surface area contributed by atoms with Crippen LogP contribution in [0.1, 0.15) is 36.7 Å². The first-order chi connectivity index (χ1) is 10.4. The van der Waals surface area contributed by atoms with Crippen LogP contribution < -0.4 is 11.2 Å². The van der Waals surface area contributed by atoms with Gasteiger partial charge in [-0.05, 0) is 12.5 Å². The number of hydrogen-bond acceptors (Lipinski definition) is 4. The van der Waals surface area contributed by atoms with Gasteiger partial charge in [0, 0.05) is 20.6 Å². The minimum absolute atomic E-state index is 0.298. The molecule has 0 bridgehead atoms. The van der Waals surface area contributed by atoms with Crippen molar-refractivity contribution >= 4 is 17.0 Å². The van der Waals surface area contributed by atoms with Crippen molar-refractivity contribution < 1.29 is 9.53 Å². The van der Waals surface area contributed by atoms with E-state index in [2.05, 4.69) is 6.92 Å². The molecule has 0 saturated carbocycles. The lowest BCUT2D eigenvalue weighted by molar-refractivity contribution is 0.0588. The highest BCUT2D eigenvalue weighted by Crippen LogP contribution is 2.17. The minimum Gasteiger partial charge on any atom is -0.464 e. The van der Waals surface area contributed by atoms with E-state index in [-0.39, 0.29) is 0 Å². The summed E-state index contributed by atoms with van der Waals surface area (Å²) in [4.78, 5) is 36.4. The second kappa shape index (κ2) is 6.21. The lowest BCUT2D eigenvalue weighted by Gasteiger charge is -2.11. The number of nitrogens with zero attached hydrogens (tertiary/aromatic N) is 3. The van der Waals surface area contributed by atoms with Gasteiger partial charge < -0.3 is 9.30 Å². The van der Waals surface area contributed by atoms with E-state index in [9.17, 15) is 14.4 Å². The second-order valence-corrected chi connectivity index (χ2v) is 5.32. The molecule has 22 heavy (non-hydrogen) atoms. The number of hydrogen-bond donors (Lipinski definition) is 0. The van der Waals surface area contributed by atoms with Gasteiger partial charge >= 0.3 is 11.7 Å². The SMILES string of the molecule is CCCCCn1c(C(=O)OC)cc2c(=O)n(C)c(=O)n(C)c21. The number of aryl methyl sites for hydroxylation is 2. The largest absolute Gasteiger partial charge is 0.464 e. The van der Waals surface area contributed by atoms with Gasteiger partial charge in [-0.3, -0.25) is 13.9 Å². The van der Waals surface area contributed by atoms with Gasteiger partial charge in [-0.2, -0.15) is 0 Å². The second-order valence-electron chi connectivity index (χ2n) is 5.32. The molecule has 0 radical (unpaired) electrons. The Bertz CT molecular complexity index is 826. The monoisotopic (exact) mass is 307 g/mol. The minimum atomic E-state index is -0.512. The van der Waals surface area contributed by atoms with Crippen molar-refractivity contribution in [2.24, 2.45) is 14.1 Å². The molecule has 0 aliphatic carbocycles. The van der Waals surface area contributed by atoms with Crippen LogP contribution in [-0.4, -0.2) is 26.8 Å². The third kappa shape index (κ3) is 2.47. The summed E-state index contributed by atoms with van der Waals surface area (Å²) >= 11 is 0. The zero-order valence-corrected chi connectivity index (χ0v) is 13.4. The molecular weight excluding hydrogens is 286 g/mol. The van der Waals surface area contributed by atoms with E-state index in [1.54, 1.807) is 11.6 Å². The smallest absolute Gasteiger partial charge is 0.354 e. The molecule has 2 heterocycles. The molecule has 120 valence electrons. The van der Waals surface area contributed by atoms with Gasteiger partial charge in [0.05, 0.1) is 12.5 Å². The lowest BCUT2D eigenvalue weighted by Crippen LogP contribution is -2.37. The third-order valence-electron chi connectivity index (χ3n) is 3.87. The van der Waals surface area contributed by atoms with Gasteiger partial charge in [0.2, 0.25) is 0 Å². The van der Waals surface area contributed by atoms with Crippen molar-refractivity contribution in [3.05, 3.63) is 32.6 Å².